The number of primary amides is 1. The van der Waals surface area contributed by atoms with Crippen molar-refractivity contribution in [2.75, 3.05) is 19.6 Å². The van der Waals surface area contributed by atoms with E-state index in [0.29, 0.717) is 13.0 Å². The lowest BCUT2D eigenvalue weighted by atomic mass is 10.1. The monoisotopic (exact) mass is 251 g/mol. The molecule has 0 aliphatic heterocycles. The van der Waals surface area contributed by atoms with Crippen LogP contribution in [-0.4, -0.2) is 36.6 Å². The molecule has 0 radical (unpaired) electrons. The second kappa shape index (κ2) is 7.12. The highest BCUT2D eigenvalue weighted by Crippen LogP contribution is 2.26. The minimum absolute atomic E-state index is 0.256. The lowest BCUT2D eigenvalue weighted by molar-refractivity contribution is -0.163. The molecule has 0 heterocycles. The number of alkyl halides is 3. The molecule has 0 rings (SSSR count). The molecule has 0 fully saturated rings. The third-order valence-corrected chi connectivity index (χ3v) is 2.20. The molecule has 17 heavy (non-hydrogen) atoms. The first-order valence-corrected chi connectivity index (χ1v) is 5.28. The summed E-state index contributed by atoms with van der Waals surface area (Å²) in [5, 5.41) is 8.46. The lowest BCUT2D eigenvalue weighted by Gasteiger charge is -2.24. The number of hydrogen-bond acceptors (Lipinski definition) is 3. The van der Waals surface area contributed by atoms with Crippen LogP contribution in [0.15, 0.2) is 0 Å². The molecular weight excluding hydrogens is 235 g/mol. The molecule has 98 valence electrons. The maximum atomic E-state index is 12.4. The van der Waals surface area contributed by atoms with Crippen LogP contribution in [-0.2, 0) is 4.79 Å². The summed E-state index contributed by atoms with van der Waals surface area (Å²) < 4.78 is 37.1. The molecule has 7 heteroatoms. The number of nitriles is 1. The second-order valence-corrected chi connectivity index (χ2v) is 3.78. The van der Waals surface area contributed by atoms with Gasteiger partial charge in [-0.2, -0.15) is 18.4 Å². The van der Waals surface area contributed by atoms with Gasteiger partial charge in [-0.3, -0.25) is 9.69 Å². The van der Waals surface area contributed by atoms with Crippen LogP contribution in [0.5, 0.6) is 0 Å². The number of unbranched alkanes of at least 4 members (excludes halogenated alkanes) is 1. The summed E-state index contributed by atoms with van der Waals surface area (Å²) in [6, 6.07) is 1.20. The van der Waals surface area contributed by atoms with E-state index in [0.717, 1.165) is 6.42 Å². The maximum absolute atomic E-state index is 12.4. The van der Waals surface area contributed by atoms with Crippen LogP contribution in [0.25, 0.3) is 0 Å². The third kappa shape index (κ3) is 6.79. The fourth-order valence-electron chi connectivity index (χ4n) is 1.31. The number of carbonyl (C=O) groups is 1. The van der Waals surface area contributed by atoms with Crippen LogP contribution >= 0.6 is 0 Å². The van der Waals surface area contributed by atoms with Crippen molar-refractivity contribution in [2.24, 2.45) is 11.7 Å². The first-order valence-electron chi connectivity index (χ1n) is 5.28. The number of carbonyl (C=O) groups excluding carboxylic acids is 1. The fraction of sp³-hybridized carbons (Fsp3) is 0.800. The van der Waals surface area contributed by atoms with Crippen LogP contribution < -0.4 is 5.73 Å². The minimum Gasteiger partial charge on any atom is -0.369 e. The van der Waals surface area contributed by atoms with Crippen molar-refractivity contribution in [2.45, 2.75) is 25.9 Å². The van der Waals surface area contributed by atoms with E-state index >= 15 is 0 Å². The van der Waals surface area contributed by atoms with Gasteiger partial charge in [0, 0.05) is 6.54 Å². The third-order valence-electron chi connectivity index (χ3n) is 2.20. The molecule has 0 aromatic rings. The van der Waals surface area contributed by atoms with Crippen molar-refractivity contribution in [1.29, 1.82) is 5.26 Å². The quantitative estimate of drug-likeness (QED) is 0.740. The molecule has 0 aromatic carbocycles. The first kappa shape index (κ1) is 15.7. The Kier molecular flexibility index (Phi) is 6.58. The number of rotatable bonds is 7. The summed E-state index contributed by atoms with van der Waals surface area (Å²) in [6.07, 6.45) is -3.13. The fourth-order valence-corrected chi connectivity index (χ4v) is 1.31. The van der Waals surface area contributed by atoms with Crippen LogP contribution in [0.2, 0.25) is 0 Å². The van der Waals surface area contributed by atoms with Gasteiger partial charge in [0.05, 0.1) is 12.6 Å². The molecule has 0 spiro atoms. The first-order chi connectivity index (χ1) is 7.81. The average Bonchev–Trinajstić information content (AvgIpc) is 2.19. The van der Waals surface area contributed by atoms with E-state index in [1.54, 1.807) is 0 Å². The zero-order valence-corrected chi connectivity index (χ0v) is 9.63. The van der Waals surface area contributed by atoms with Gasteiger partial charge < -0.3 is 5.73 Å². The molecule has 0 aliphatic carbocycles. The summed E-state index contributed by atoms with van der Waals surface area (Å²) in [5.41, 5.74) is 4.95. The molecule has 1 atom stereocenters. The summed E-state index contributed by atoms with van der Waals surface area (Å²) in [7, 11) is 0. The SMILES string of the molecule is CCCCN(CC(N)=O)CC(C#N)C(F)(F)F. The minimum atomic E-state index is -4.57. The summed E-state index contributed by atoms with van der Waals surface area (Å²) in [4.78, 5) is 12.0. The topological polar surface area (TPSA) is 70.1 Å². The molecule has 1 amide bonds. The molecule has 2 N–H and O–H groups in total. The predicted octanol–water partition coefficient (Wildman–Crippen LogP) is 1.28. The van der Waals surface area contributed by atoms with Gasteiger partial charge in [-0.05, 0) is 13.0 Å². The van der Waals surface area contributed by atoms with Crippen LogP contribution in [0.1, 0.15) is 19.8 Å². The molecule has 0 saturated carbocycles. The maximum Gasteiger partial charge on any atom is 0.405 e. The molecule has 1 unspecified atom stereocenters. The van der Waals surface area contributed by atoms with Crippen molar-refractivity contribution in [3.8, 4) is 6.07 Å². The van der Waals surface area contributed by atoms with E-state index in [2.05, 4.69) is 0 Å². The Bertz CT molecular complexity index is 286. The second-order valence-electron chi connectivity index (χ2n) is 3.78. The van der Waals surface area contributed by atoms with E-state index in [9.17, 15) is 18.0 Å². The van der Waals surface area contributed by atoms with Gasteiger partial charge in [0.25, 0.3) is 0 Å². The van der Waals surface area contributed by atoms with Crippen LogP contribution in [0.4, 0.5) is 13.2 Å². The summed E-state index contributed by atoms with van der Waals surface area (Å²) in [6.45, 7) is 1.44. The van der Waals surface area contributed by atoms with E-state index < -0.39 is 24.5 Å². The summed E-state index contributed by atoms with van der Waals surface area (Å²) >= 11 is 0. The van der Waals surface area contributed by atoms with Gasteiger partial charge in [-0.1, -0.05) is 13.3 Å². The van der Waals surface area contributed by atoms with Gasteiger partial charge in [0.2, 0.25) is 5.91 Å². The average molecular weight is 251 g/mol. The summed E-state index contributed by atoms with van der Waals surface area (Å²) in [5.74, 6) is -2.78. The van der Waals surface area contributed by atoms with E-state index in [1.165, 1.54) is 11.0 Å². The highest BCUT2D eigenvalue weighted by Gasteiger charge is 2.40. The Morgan fingerprint density at radius 2 is 2.12 bits per heavy atom. The number of nitrogens with two attached hydrogens (primary N) is 1. The smallest absolute Gasteiger partial charge is 0.369 e. The molecule has 0 aliphatic rings. The Labute approximate surface area is 98.2 Å². The molecule has 0 bridgehead atoms. The normalized spacial score (nSPS) is 13.4. The van der Waals surface area contributed by atoms with Gasteiger partial charge in [-0.15, -0.1) is 0 Å². The Hall–Kier alpha value is -1.29. The van der Waals surface area contributed by atoms with Gasteiger partial charge in [0.1, 0.15) is 0 Å². The number of hydrogen-bond donors (Lipinski definition) is 1. The molecule has 0 aromatic heterocycles. The van der Waals surface area contributed by atoms with E-state index in [4.69, 9.17) is 11.0 Å². The Morgan fingerprint density at radius 1 is 1.53 bits per heavy atom. The van der Waals surface area contributed by atoms with Gasteiger partial charge in [0.15, 0.2) is 5.92 Å². The molecule has 4 nitrogen and oxygen atoms in total. The highest BCUT2D eigenvalue weighted by molar-refractivity contribution is 5.75. The van der Waals surface area contributed by atoms with Crippen LogP contribution in [0, 0.1) is 17.2 Å². The van der Waals surface area contributed by atoms with Crippen molar-refractivity contribution in [3.05, 3.63) is 0 Å². The van der Waals surface area contributed by atoms with E-state index in [-0.39, 0.29) is 6.54 Å². The number of halogens is 3. The highest BCUT2D eigenvalue weighted by atomic mass is 19.4. The zero-order valence-electron chi connectivity index (χ0n) is 9.63. The lowest BCUT2D eigenvalue weighted by Crippen LogP contribution is -2.41. The largest absolute Gasteiger partial charge is 0.405 e. The number of nitrogens with zero attached hydrogens (tertiary/aromatic N) is 2. The predicted molar refractivity (Wildman–Crippen MR) is 55.7 cm³/mol. The van der Waals surface area contributed by atoms with Crippen LogP contribution in [0.3, 0.4) is 0 Å². The van der Waals surface area contributed by atoms with E-state index in [1.807, 2.05) is 6.92 Å². The Balaban J connectivity index is 4.49. The zero-order chi connectivity index (χ0) is 13.5. The molecule has 0 saturated heterocycles. The van der Waals surface area contributed by atoms with Crippen molar-refractivity contribution in [3.63, 3.8) is 0 Å². The molecular formula is C10H16F3N3O. The van der Waals surface area contributed by atoms with Crippen molar-refractivity contribution < 1.29 is 18.0 Å². The van der Waals surface area contributed by atoms with Crippen molar-refractivity contribution >= 4 is 5.91 Å². The van der Waals surface area contributed by atoms with Crippen molar-refractivity contribution in [1.82, 2.24) is 4.90 Å². The van der Waals surface area contributed by atoms with Gasteiger partial charge >= 0.3 is 6.18 Å². The Morgan fingerprint density at radius 3 is 2.47 bits per heavy atom. The van der Waals surface area contributed by atoms with Gasteiger partial charge in [-0.25, -0.2) is 0 Å². The number of amides is 1. The standard InChI is InChI=1S/C10H16F3N3O/c1-2-3-4-16(7-9(15)17)6-8(5-14)10(11,12)13/h8H,2-4,6-7H2,1H3,(H2,15,17).